The van der Waals surface area contributed by atoms with Crippen LogP contribution in [0.25, 0.3) is 0 Å². The highest BCUT2D eigenvalue weighted by atomic mass is 35.5. The average Bonchev–Trinajstić information content (AvgIpc) is 2.30. The van der Waals surface area contributed by atoms with Crippen LogP contribution in [0, 0.1) is 0 Å². The fourth-order valence-electron chi connectivity index (χ4n) is 2.05. The van der Waals surface area contributed by atoms with E-state index in [1.54, 1.807) is 12.1 Å². The number of aliphatic hydroxyl groups is 1. The van der Waals surface area contributed by atoms with E-state index < -0.39 is 12.2 Å². The van der Waals surface area contributed by atoms with E-state index in [-0.39, 0.29) is 10.8 Å². The normalized spacial score (nSPS) is 17.3. The van der Waals surface area contributed by atoms with E-state index in [1.165, 1.54) is 6.07 Å². The number of hydrogen-bond donors (Lipinski definition) is 2. The molecule has 1 saturated carbocycles. The molecule has 0 heterocycles. The molecule has 2 N–H and O–H groups in total. The summed E-state index contributed by atoms with van der Waals surface area (Å²) in [7, 11) is 0. The van der Waals surface area contributed by atoms with Crippen LogP contribution in [0.15, 0.2) is 18.2 Å². The van der Waals surface area contributed by atoms with Crippen LogP contribution in [-0.4, -0.2) is 23.9 Å². The van der Waals surface area contributed by atoms with Gasteiger partial charge in [0.05, 0.1) is 10.6 Å². The molecule has 0 spiro atoms. The number of rotatable bonds is 6. The SMILES string of the molecule is OC1(CNCc2ccc(OC(F)F)c(Cl)c2)CCC1. The third-order valence-electron chi connectivity index (χ3n) is 3.28. The molecule has 106 valence electrons. The molecule has 1 aliphatic rings. The first-order chi connectivity index (χ1) is 8.98. The van der Waals surface area contributed by atoms with Gasteiger partial charge in [0.25, 0.3) is 0 Å². The Morgan fingerprint density at radius 1 is 1.42 bits per heavy atom. The molecule has 2 rings (SSSR count). The highest BCUT2D eigenvalue weighted by Gasteiger charge is 2.33. The Kier molecular flexibility index (Phi) is 4.60. The predicted octanol–water partition coefficient (Wildman–Crippen LogP) is 2.95. The van der Waals surface area contributed by atoms with Gasteiger partial charge in [-0.15, -0.1) is 0 Å². The van der Waals surface area contributed by atoms with Crippen LogP contribution < -0.4 is 10.1 Å². The molecule has 19 heavy (non-hydrogen) atoms. The van der Waals surface area contributed by atoms with Gasteiger partial charge in [-0.05, 0) is 37.0 Å². The fraction of sp³-hybridized carbons (Fsp3) is 0.538. The number of alkyl halides is 2. The Balaban J connectivity index is 1.85. The number of benzene rings is 1. The molecule has 0 radical (unpaired) electrons. The quantitative estimate of drug-likeness (QED) is 0.847. The summed E-state index contributed by atoms with van der Waals surface area (Å²) in [5.41, 5.74) is 0.275. The molecule has 1 aromatic carbocycles. The van der Waals surface area contributed by atoms with Crippen LogP contribution in [-0.2, 0) is 6.54 Å². The molecule has 0 aliphatic heterocycles. The zero-order valence-electron chi connectivity index (χ0n) is 10.3. The zero-order valence-corrected chi connectivity index (χ0v) is 11.1. The van der Waals surface area contributed by atoms with E-state index in [9.17, 15) is 13.9 Å². The molecule has 0 aromatic heterocycles. The Morgan fingerprint density at radius 2 is 2.16 bits per heavy atom. The molecular weight excluding hydrogens is 276 g/mol. The van der Waals surface area contributed by atoms with E-state index in [0.717, 1.165) is 24.8 Å². The van der Waals surface area contributed by atoms with Crippen molar-refractivity contribution < 1.29 is 18.6 Å². The second-order valence-corrected chi connectivity index (χ2v) is 5.23. The van der Waals surface area contributed by atoms with Gasteiger partial charge in [0.15, 0.2) is 0 Å². The largest absolute Gasteiger partial charge is 0.433 e. The summed E-state index contributed by atoms with van der Waals surface area (Å²) < 4.78 is 28.4. The van der Waals surface area contributed by atoms with Gasteiger partial charge in [-0.2, -0.15) is 8.78 Å². The van der Waals surface area contributed by atoms with Crippen molar-refractivity contribution in [2.75, 3.05) is 6.54 Å². The summed E-state index contributed by atoms with van der Waals surface area (Å²) in [6, 6.07) is 4.67. The minimum Gasteiger partial charge on any atom is -0.433 e. The second-order valence-electron chi connectivity index (χ2n) is 4.82. The van der Waals surface area contributed by atoms with Gasteiger partial charge in [-0.25, -0.2) is 0 Å². The second kappa shape index (κ2) is 6.03. The van der Waals surface area contributed by atoms with Crippen molar-refractivity contribution >= 4 is 11.6 Å². The molecule has 0 atom stereocenters. The summed E-state index contributed by atoms with van der Waals surface area (Å²) in [5, 5.41) is 13.2. The van der Waals surface area contributed by atoms with Crippen molar-refractivity contribution in [3.63, 3.8) is 0 Å². The first-order valence-electron chi connectivity index (χ1n) is 6.15. The van der Waals surface area contributed by atoms with Crippen LogP contribution in [0.2, 0.25) is 5.02 Å². The van der Waals surface area contributed by atoms with Gasteiger partial charge < -0.3 is 15.2 Å². The maximum absolute atomic E-state index is 12.1. The van der Waals surface area contributed by atoms with Gasteiger partial charge in [-0.1, -0.05) is 17.7 Å². The molecular formula is C13H16ClF2NO2. The zero-order chi connectivity index (χ0) is 13.9. The predicted molar refractivity (Wildman–Crippen MR) is 68.6 cm³/mol. The van der Waals surface area contributed by atoms with Crippen molar-refractivity contribution in [1.29, 1.82) is 0 Å². The molecule has 0 bridgehead atoms. The number of halogens is 3. The lowest BCUT2D eigenvalue weighted by Crippen LogP contribution is -2.45. The maximum atomic E-state index is 12.1. The van der Waals surface area contributed by atoms with Crippen molar-refractivity contribution in [3.05, 3.63) is 28.8 Å². The van der Waals surface area contributed by atoms with Crippen LogP contribution in [0.5, 0.6) is 5.75 Å². The average molecular weight is 292 g/mol. The van der Waals surface area contributed by atoms with Crippen molar-refractivity contribution in [2.45, 2.75) is 38.0 Å². The summed E-state index contributed by atoms with van der Waals surface area (Å²) in [6.45, 7) is -1.83. The Hall–Kier alpha value is -0.910. The fourth-order valence-corrected chi connectivity index (χ4v) is 2.29. The Morgan fingerprint density at radius 3 is 2.68 bits per heavy atom. The molecule has 1 fully saturated rings. The smallest absolute Gasteiger partial charge is 0.387 e. The first-order valence-corrected chi connectivity index (χ1v) is 6.53. The number of nitrogens with one attached hydrogen (secondary N) is 1. The van der Waals surface area contributed by atoms with Crippen LogP contribution in [0.3, 0.4) is 0 Å². The highest BCUT2D eigenvalue weighted by Crippen LogP contribution is 2.31. The molecule has 0 unspecified atom stereocenters. The number of hydrogen-bond acceptors (Lipinski definition) is 3. The molecule has 1 aromatic rings. The lowest BCUT2D eigenvalue weighted by atomic mass is 9.80. The molecule has 0 amide bonds. The van der Waals surface area contributed by atoms with E-state index in [4.69, 9.17) is 11.6 Å². The van der Waals surface area contributed by atoms with E-state index in [0.29, 0.717) is 13.1 Å². The molecule has 3 nitrogen and oxygen atoms in total. The monoisotopic (exact) mass is 291 g/mol. The molecule has 1 aliphatic carbocycles. The first kappa shape index (κ1) is 14.5. The van der Waals surface area contributed by atoms with Crippen molar-refractivity contribution in [2.24, 2.45) is 0 Å². The summed E-state index contributed by atoms with van der Waals surface area (Å²) in [4.78, 5) is 0. The maximum Gasteiger partial charge on any atom is 0.387 e. The standard InChI is InChI=1S/C13H16ClF2NO2/c14-10-6-9(2-3-11(10)19-12(15)16)7-17-8-13(18)4-1-5-13/h2-3,6,12,17-18H,1,4-5,7-8H2. The van der Waals surface area contributed by atoms with Crippen molar-refractivity contribution in [3.8, 4) is 5.75 Å². The third-order valence-corrected chi connectivity index (χ3v) is 3.58. The van der Waals surface area contributed by atoms with Gasteiger partial charge in [-0.3, -0.25) is 0 Å². The lowest BCUT2D eigenvalue weighted by Gasteiger charge is -2.36. The summed E-state index contributed by atoms with van der Waals surface area (Å²) in [6.07, 6.45) is 2.70. The van der Waals surface area contributed by atoms with Crippen LogP contribution in [0.1, 0.15) is 24.8 Å². The van der Waals surface area contributed by atoms with E-state index in [2.05, 4.69) is 10.1 Å². The minimum absolute atomic E-state index is 0.0296. The lowest BCUT2D eigenvalue weighted by molar-refractivity contribution is -0.0498. The van der Waals surface area contributed by atoms with Gasteiger partial charge in [0, 0.05) is 13.1 Å². The summed E-state index contributed by atoms with van der Waals surface area (Å²) in [5.74, 6) is -0.0296. The van der Waals surface area contributed by atoms with Crippen LogP contribution >= 0.6 is 11.6 Å². The topological polar surface area (TPSA) is 41.5 Å². The minimum atomic E-state index is -2.88. The Labute approximate surface area is 115 Å². The summed E-state index contributed by atoms with van der Waals surface area (Å²) >= 11 is 5.85. The van der Waals surface area contributed by atoms with Crippen molar-refractivity contribution in [1.82, 2.24) is 5.32 Å². The third kappa shape index (κ3) is 4.03. The van der Waals surface area contributed by atoms with Crippen LogP contribution in [0.4, 0.5) is 8.78 Å². The highest BCUT2D eigenvalue weighted by molar-refractivity contribution is 6.32. The molecule has 0 saturated heterocycles. The van der Waals surface area contributed by atoms with Gasteiger partial charge in [0.2, 0.25) is 0 Å². The van der Waals surface area contributed by atoms with Gasteiger partial charge >= 0.3 is 6.61 Å². The van der Waals surface area contributed by atoms with E-state index >= 15 is 0 Å². The number of ether oxygens (including phenoxy) is 1. The van der Waals surface area contributed by atoms with E-state index in [1.807, 2.05) is 0 Å². The van der Waals surface area contributed by atoms with Gasteiger partial charge in [0.1, 0.15) is 5.75 Å². The Bertz CT molecular complexity index is 439. The molecule has 6 heteroatoms.